The van der Waals surface area contributed by atoms with E-state index in [2.05, 4.69) is 4.74 Å². The van der Waals surface area contributed by atoms with Crippen molar-refractivity contribution < 1.29 is 27.9 Å². The zero-order valence-corrected chi connectivity index (χ0v) is 11.4. The van der Waals surface area contributed by atoms with Gasteiger partial charge < -0.3 is 15.6 Å². The molecule has 0 bridgehead atoms. The van der Waals surface area contributed by atoms with Gasteiger partial charge in [0.05, 0.1) is 18.6 Å². The summed E-state index contributed by atoms with van der Waals surface area (Å²) in [6, 6.07) is 3.40. The van der Waals surface area contributed by atoms with Crippen molar-refractivity contribution in [2.24, 2.45) is 5.73 Å². The number of benzene rings is 1. The summed E-state index contributed by atoms with van der Waals surface area (Å²) in [6.45, 7) is -0.745. The highest BCUT2D eigenvalue weighted by Crippen LogP contribution is 2.11. The number of aliphatic hydroxyl groups is 1. The number of nitrogens with one attached hydrogen (secondary N) is 1. The normalized spacial score (nSPS) is 12.7. The molecule has 20 heavy (non-hydrogen) atoms. The first-order valence-corrected chi connectivity index (χ1v) is 6.91. The highest BCUT2D eigenvalue weighted by molar-refractivity contribution is 7.89. The molecule has 0 spiro atoms. The van der Waals surface area contributed by atoms with Gasteiger partial charge in [0.1, 0.15) is 6.04 Å². The lowest BCUT2D eigenvalue weighted by atomic mass is 10.2. The van der Waals surface area contributed by atoms with E-state index in [1.807, 2.05) is 4.72 Å². The number of primary amides is 1. The van der Waals surface area contributed by atoms with Crippen molar-refractivity contribution in [2.45, 2.75) is 10.9 Å². The van der Waals surface area contributed by atoms with Crippen molar-refractivity contribution in [1.29, 1.82) is 0 Å². The van der Waals surface area contributed by atoms with Crippen LogP contribution in [0.1, 0.15) is 10.4 Å². The highest BCUT2D eigenvalue weighted by Gasteiger charge is 2.25. The molecule has 4 N–H and O–H groups in total. The van der Waals surface area contributed by atoms with Gasteiger partial charge in [-0.15, -0.1) is 0 Å². The van der Waals surface area contributed by atoms with Crippen molar-refractivity contribution in [3.05, 3.63) is 29.8 Å². The Labute approximate surface area is 115 Å². The second kappa shape index (κ2) is 6.46. The van der Waals surface area contributed by atoms with Crippen LogP contribution in [0.2, 0.25) is 0 Å². The fraction of sp³-hybridized carbons (Fsp3) is 0.273. The maximum atomic E-state index is 12.0. The molecule has 1 aromatic carbocycles. The van der Waals surface area contributed by atoms with Gasteiger partial charge in [0.15, 0.2) is 0 Å². The second-order valence-electron chi connectivity index (χ2n) is 3.77. The molecule has 1 amide bonds. The molecule has 1 rings (SSSR count). The number of methoxy groups -OCH3 is 1. The fourth-order valence-corrected chi connectivity index (χ4v) is 2.53. The van der Waals surface area contributed by atoms with Gasteiger partial charge in [-0.2, -0.15) is 4.72 Å². The van der Waals surface area contributed by atoms with Crippen LogP contribution in [0, 0.1) is 0 Å². The maximum Gasteiger partial charge on any atom is 0.326 e. The van der Waals surface area contributed by atoms with Gasteiger partial charge in [0.25, 0.3) is 0 Å². The molecule has 0 radical (unpaired) electrons. The van der Waals surface area contributed by atoms with Gasteiger partial charge in [0, 0.05) is 5.56 Å². The first-order chi connectivity index (χ1) is 9.31. The molecule has 0 aliphatic carbocycles. The maximum absolute atomic E-state index is 12.0. The van der Waals surface area contributed by atoms with Crippen LogP contribution in [-0.2, 0) is 19.6 Å². The van der Waals surface area contributed by atoms with E-state index in [0.29, 0.717) is 0 Å². The lowest BCUT2D eigenvalue weighted by Crippen LogP contribution is -2.43. The Morgan fingerprint density at radius 3 is 2.30 bits per heavy atom. The number of ether oxygens (including phenoxy) is 1. The molecular formula is C11H14N2O6S. The minimum atomic E-state index is -4.03. The van der Waals surface area contributed by atoms with Gasteiger partial charge in [-0.1, -0.05) is 0 Å². The predicted molar refractivity (Wildman–Crippen MR) is 68.2 cm³/mol. The third-order valence-corrected chi connectivity index (χ3v) is 3.90. The first-order valence-electron chi connectivity index (χ1n) is 5.42. The monoisotopic (exact) mass is 302 g/mol. The molecule has 0 heterocycles. The Morgan fingerprint density at radius 2 is 1.90 bits per heavy atom. The Hall–Kier alpha value is -1.97. The number of rotatable bonds is 6. The molecule has 0 aliphatic heterocycles. The summed E-state index contributed by atoms with van der Waals surface area (Å²) < 4.78 is 30.3. The zero-order chi connectivity index (χ0) is 15.3. The van der Waals surface area contributed by atoms with Crippen LogP contribution < -0.4 is 10.5 Å². The largest absolute Gasteiger partial charge is 0.468 e. The van der Waals surface area contributed by atoms with Crippen LogP contribution in [-0.4, -0.2) is 45.2 Å². The third-order valence-electron chi connectivity index (χ3n) is 2.41. The molecule has 0 aromatic heterocycles. The van der Waals surface area contributed by atoms with E-state index < -0.39 is 34.5 Å². The second-order valence-corrected chi connectivity index (χ2v) is 5.48. The first kappa shape index (κ1) is 16.1. The van der Waals surface area contributed by atoms with Gasteiger partial charge in [-0.05, 0) is 24.3 Å². The summed E-state index contributed by atoms with van der Waals surface area (Å²) >= 11 is 0. The highest BCUT2D eigenvalue weighted by atomic mass is 32.2. The van der Waals surface area contributed by atoms with Crippen LogP contribution in [0.5, 0.6) is 0 Å². The zero-order valence-electron chi connectivity index (χ0n) is 10.6. The van der Waals surface area contributed by atoms with Crippen LogP contribution in [0.15, 0.2) is 29.2 Å². The van der Waals surface area contributed by atoms with Crippen LogP contribution in [0.4, 0.5) is 0 Å². The summed E-state index contributed by atoms with van der Waals surface area (Å²) in [5.74, 6) is -1.60. The molecule has 1 unspecified atom stereocenters. The van der Waals surface area contributed by atoms with Crippen molar-refractivity contribution in [2.75, 3.05) is 13.7 Å². The Balaban J connectivity index is 2.98. The lowest BCUT2D eigenvalue weighted by Gasteiger charge is -2.14. The number of amides is 1. The van der Waals surface area contributed by atoms with Gasteiger partial charge >= 0.3 is 5.97 Å². The molecular weight excluding hydrogens is 288 g/mol. The van der Waals surface area contributed by atoms with Crippen molar-refractivity contribution in [1.82, 2.24) is 4.72 Å². The number of aliphatic hydroxyl groups excluding tert-OH is 1. The summed E-state index contributed by atoms with van der Waals surface area (Å²) in [4.78, 5) is 21.9. The average molecular weight is 302 g/mol. The number of hydrogen-bond donors (Lipinski definition) is 3. The van der Waals surface area contributed by atoms with Gasteiger partial charge in [-0.25, -0.2) is 8.42 Å². The molecule has 1 atom stereocenters. The molecule has 0 fully saturated rings. The van der Waals surface area contributed by atoms with Crippen molar-refractivity contribution in [3.63, 3.8) is 0 Å². The minimum absolute atomic E-state index is 0.149. The summed E-state index contributed by atoms with van der Waals surface area (Å²) in [7, 11) is -2.96. The molecule has 0 saturated heterocycles. The molecule has 0 saturated carbocycles. The molecule has 8 nitrogen and oxygen atoms in total. The molecule has 9 heteroatoms. The lowest BCUT2D eigenvalue weighted by molar-refractivity contribution is -0.143. The number of sulfonamides is 1. The Morgan fingerprint density at radius 1 is 1.35 bits per heavy atom. The quantitative estimate of drug-likeness (QED) is 0.553. The summed E-state index contributed by atoms with van der Waals surface area (Å²) in [5.41, 5.74) is 5.18. The fourth-order valence-electron chi connectivity index (χ4n) is 1.36. The summed E-state index contributed by atoms with van der Waals surface area (Å²) in [6.07, 6.45) is 0. The Kier molecular flexibility index (Phi) is 5.19. The molecule has 110 valence electrons. The smallest absolute Gasteiger partial charge is 0.326 e. The van der Waals surface area contributed by atoms with Gasteiger partial charge in [0.2, 0.25) is 15.9 Å². The van der Waals surface area contributed by atoms with E-state index in [1.165, 1.54) is 12.1 Å². The minimum Gasteiger partial charge on any atom is -0.468 e. The average Bonchev–Trinajstić information content (AvgIpc) is 2.44. The van der Waals surface area contributed by atoms with Gasteiger partial charge in [-0.3, -0.25) is 9.59 Å². The van der Waals surface area contributed by atoms with E-state index in [4.69, 9.17) is 10.8 Å². The van der Waals surface area contributed by atoms with E-state index in [9.17, 15) is 18.0 Å². The Bertz CT molecular complexity index is 596. The van der Waals surface area contributed by atoms with E-state index in [-0.39, 0.29) is 10.5 Å². The van der Waals surface area contributed by atoms with E-state index in [1.54, 1.807) is 0 Å². The standard InChI is InChI=1S/C11H14N2O6S/c1-19-11(16)9(6-14)13-20(17,18)8-4-2-7(3-5-8)10(12)15/h2-5,9,13-14H,6H2,1H3,(H2,12,15). The number of nitrogens with two attached hydrogens (primary N) is 1. The van der Waals surface area contributed by atoms with Crippen LogP contribution in [0.3, 0.4) is 0 Å². The SMILES string of the molecule is COC(=O)C(CO)NS(=O)(=O)c1ccc(C(N)=O)cc1. The number of carbonyl (C=O) groups is 2. The van der Waals surface area contributed by atoms with E-state index >= 15 is 0 Å². The van der Waals surface area contributed by atoms with Crippen LogP contribution in [0.25, 0.3) is 0 Å². The van der Waals surface area contributed by atoms with Crippen molar-refractivity contribution in [3.8, 4) is 0 Å². The number of esters is 1. The summed E-state index contributed by atoms with van der Waals surface area (Å²) in [5, 5.41) is 8.97. The van der Waals surface area contributed by atoms with Crippen LogP contribution >= 0.6 is 0 Å². The van der Waals surface area contributed by atoms with Crippen molar-refractivity contribution >= 4 is 21.9 Å². The molecule has 1 aromatic rings. The molecule has 0 aliphatic rings. The number of hydrogen-bond acceptors (Lipinski definition) is 6. The third kappa shape index (κ3) is 3.76. The van der Waals surface area contributed by atoms with E-state index in [0.717, 1.165) is 19.2 Å². The predicted octanol–water partition coefficient (Wildman–Crippen LogP) is -1.40. The topological polar surface area (TPSA) is 136 Å². The number of carbonyl (C=O) groups excluding carboxylic acids is 2.